The Morgan fingerprint density at radius 3 is 2.64 bits per heavy atom. The Balaban J connectivity index is 2.08. The lowest BCUT2D eigenvalue weighted by molar-refractivity contribution is -0.148. The fourth-order valence-corrected chi connectivity index (χ4v) is 2.14. The number of benzene rings is 2. The largest absolute Gasteiger partial charge is 0.497 e. The van der Waals surface area contributed by atoms with Crippen molar-refractivity contribution in [1.82, 2.24) is 0 Å². The van der Waals surface area contributed by atoms with E-state index in [1.165, 1.54) is 20.1 Å². The number of hydrogen-bond acceptors (Lipinski definition) is 5. The van der Waals surface area contributed by atoms with Crippen LogP contribution in [0.3, 0.4) is 0 Å². The summed E-state index contributed by atoms with van der Waals surface area (Å²) in [6.45, 7) is 1.24. The van der Waals surface area contributed by atoms with E-state index in [-0.39, 0.29) is 11.3 Å². The number of carbonyl (C=O) groups excluding carboxylic acids is 2. The molecule has 144 valence electrons. The molecule has 0 aliphatic carbocycles. The van der Waals surface area contributed by atoms with Gasteiger partial charge in [-0.25, -0.2) is 13.6 Å². The molecule has 0 aromatic heterocycles. The summed E-state index contributed by atoms with van der Waals surface area (Å²) in [5.74, 6) is -2.97. The molecular formula is C20H16F2N2O4. The highest BCUT2D eigenvalue weighted by atomic mass is 19.1. The van der Waals surface area contributed by atoms with E-state index in [0.717, 1.165) is 18.2 Å². The van der Waals surface area contributed by atoms with E-state index in [0.29, 0.717) is 11.3 Å². The standard InChI is InChI=1S/C20H16F2N2O4/c1-12(19(25)24-18-10-15(21)6-7-17(18)22)28-20(26)14(11-23)8-13-4-3-5-16(9-13)27-2/h3-10,12H,1-2H3,(H,24,25)/b14-8+/t12-/m1/s1. The molecule has 28 heavy (non-hydrogen) atoms. The third-order valence-electron chi connectivity index (χ3n) is 3.58. The molecule has 1 N–H and O–H groups in total. The lowest BCUT2D eigenvalue weighted by Crippen LogP contribution is -2.30. The normalized spacial score (nSPS) is 11.9. The quantitative estimate of drug-likeness (QED) is 0.467. The predicted molar refractivity (Wildman–Crippen MR) is 97.1 cm³/mol. The molecule has 1 amide bonds. The molecule has 0 unspecified atom stereocenters. The van der Waals surface area contributed by atoms with E-state index < -0.39 is 29.6 Å². The van der Waals surface area contributed by atoms with Crippen LogP contribution in [0.4, 0.5) is 14.5 Å². The number of carbonyl (C=O) groups is 2. The zero-order valence-electron chi connectivity index (χ0n) is 15.0. The number of methoxy groups -OCH3 is 1. The molecule has 2 rings (SSSR count). The second-order valence-corrected chi connectivity index (χ2v) is 5.61. The minimum Gasteiger partial charge on any atom is -0.497 e. The van der Waals surface area contributed by atoms with Gasteiger partial charge in [0.15, 0.2) is 6.10 Å². The van der Waals surface area contributed by atoms with E-state index in [4.69, 9.17) is 9.47 Å². The molecule has 0 spiro atoms. The summed E-state index contributed by atoms with van der Waals surface area (Å²) in [5.41, 5.74) is -0.211. The summed E-state index contributed by atoms with van der Waals surface area (Å²) in [5, 5.41) is 11.3. The van der Waals surface area contributed by atoms with E-state index >= 15 is 0 Å². The first-order valence-electron chi connectivity index (χ1n) is 8.06. The first kappa shape index (κ1) is 20.6. The van der Waals surface area contributed by atoms with Crippen molar-refractivity contribution >= 4 is 23.6 Å². The second-order valence-electron chi connectivity index (χ2n) is 5.61. The number of nitriles is 1. The molecule has 0 heterocycles. The molecule has 2 aromatic rings. The van der Waals surface area contributed by atoms with Crippen LogP contribution in [0.1, 0.15) is 12.5 Å². The highest BCUT2D eigenvalue weighted by Gasteiger charge is 2.21. The van der Waals surface area contributed by atoms with Crippen molar-refractivity contribution in [1.29, 1.82) is 5.26 Å². The van der Waals surface area contributed by atoms with Gasteiger partial charge >= 0.3 is 5.97 Å². The van der Waals surface area contributed by atoms with Crippen molar-refractivity contribution in [2.75, 3.05) is 12.4 Å². The number of ether oxygens (including phenoxy) is 2. The van der Waals surface area contributed by atoms with Crippen LogP contribution in [0, 0.1) is 23.0 Å². The van der Waals surface area contributed by atoms with Crippen LogP contribution < -0.4 is 10.1 Å². The number of nitrogens with zero attached hydrogens (tertiary/aromatic N) is 1. The SMILES string of the molecule is COc1cccc(/C=C(\C#N)C(=O)O[C@H](C)C(=O)Nc2cc(F)ccc2F)c1. The number of halogens is 2. The predicted octanol–water partition coefficient (Wildman–Crippen LogP) is 3.45. The summed E-state index contributed by atoms with van der Waals surface area (Å²) < 4.78 is 36.8. The lowest BCUT2D eigenvalue weighted by Gasteiger charge is -2.13. The van der Waals surface area contributed by atoms with E-state index in [1.54, 1.807) is 30.3 Å². The first-order chi connectivity index (χ1) is 13.3. The van der Waals surface area contributed by atoms with E-state index in [9.17, 15) is 23.6 Å². The van der Waals surface area contributed by atoms with Gasteiger partial charge in [-0.15, -0.1) is 0 Å². The molecular weight excluding hydrogens is 370 g/mol. The Kier molecular flexibility index (Phi) is 6.82. The summed E-state index contributed by atoms with van der Waals surface area (Å²) in [6.07, 6.45) is -0.0703. The zero-order chi connectivity index (χ0) is 20.7. The molecule has 0 aliphatic heterocycles. The Hall–Kier alpha value is -3.73. The number of rotatable bonds is 6. The maximum absolute atomic E-state index is 13.6. The van der Waals surface area contributed by atoms with Crippen molar-refractivity contribution in [2.24, 2.45) is 0 Å². The third kappa shape index (κ3) is 5.38. The van der Waals surface area contributed by atoms with E-state index in [1.807, 2.05) is 0 Å². The Bertz CT molecular complexity index is 967. The molecule has 0 bridgehead atoms. The molecule has 0 radical (unpaired) electrons. The van der Waals surface area contributed by atoms with Gasteiger partial charge in [-0.3, -0.25) is 4.79 Å². The van der Waals surface area contributed by atoms with Crippen LogP contribution in [0.15, 0.2) is 48.0 Å². The summed E-state index contributed by atoms with van der Waals surface area (Å²) in [4.78, 5) is 24.2. The van der Waals surface area contributed by atoms with Gasteiger partial charge in [-0.1, -0.05) is 12.1 Å². The summed E-state index contributed by atoms with van der Waals surface area (Å²) in [7, 11) is 1.48. The Morgan fingerprint density at radius 2 is 1.96 bits per heavy atom. The Labute approximate surface area is 160 Å². The van der Waals surface area contributed by atoms with Gasteiger partial charge in [0.05, 0.1) is 12.8 Å². The van der Waals surface area contributed by atoms with Gasteiger partial charge in [0.2, 0.25) is 0 Å². The lowest BCUT2D eigenvalue weighted by atomic mass is 10.1. The van der Waals surface area contributed by atoms with Crippen LogP contribution in [0.5, 0.6) is 5.75 Å². The van der Waals surface area contributed by atoms with Crippen LogP contribution in [0.25, 0.3) is 6.08 Å². The molecule has 2 aromatic carbocycles. The summed E-state index contributed by atoms with van der Waals surface area (Å²) >= 11 is 0. The van der Waals surface area contributed by atoms with Gasteiger partial charge in [0, 0.05) is 6.07 Å². The van der Waals surface area contributed by atoms with Crippen LogP contribution in [-0.2, 0) is 14.3 Å². The van der Waals surface area contributed by atoms with Crippen molar-refractivity contribution in [2.45, 2.75) is 13.0 Å². The Morgan fingerprint density at radius 1 is 1.21 bits per heavy atom. The maximum atomic E-state index is 13.6. The van der Waals surface area contributed by atoms with Crippen molar-refractivity contribution < 1.29 is 27.8 Å². The number of esters is 1. The van der Waals surface area contributed by atoms with E-state index in [2.05, 4.69) is 5.32 Å². The maximum Gasteiger partial charge on any atom is 0.349 e. The first-order valence-corrected chi connectivity index (χ1v) is 8.06. The van der Waals surface area contributed by atoms with Crippen LogP contribution in [-0.4, -0.2) is 25.1 Å². The van der Waals surface area contributed by atoms with Gasteiger partial charge in [-0.2, -0.15) is 5.26 Å². The molecule has 0 aliphatic rings. The van der Waals surface area contributed by atoms with Crippen LogP contribution in [0.2, 0.25) is 0 Å². The fourth-order valence-electron chi connectivity index (χ4n) is 2.14. The van der Waals surface area contributed by atoms with Crippen molar-refractivity contribution in [3.63, 3.8) is 0 Å². The number of amides is 1. The second kappa shape index (κ2) is 9.28. The minimum atomic E-state index is -1.35. The molecule has 8 heteroatoms. The highest BCUT2D eigenvalue weighted by molar-refractivity contribution is 6.01. The highest BCUT2D eigenvalue weighted by Crippen LogP contribution is 2.17. The molecule has 0 saturated carbocycles. The smallest absolute Gasteiger partial charge is 0.349 e. The number of nitrogens with one attached hydrogen (secondary N) is 1. The van der Waals surface area contributed by atoms with Crippen LogP contribution >= 0.6 is 0 Å². The minimum absolute atomic E-state index is 0.343. The molecule has 1 atom stereocenters. The average Bonchev–Trinajstić information content (AvgIpc) is 2.68. The van der Waals surface area contributed by atoms with Gasteiger partial charge < -0.3 is 14.8 Å². The molecule has 6 nitrogen and oxygen atoms in total. The monoisotopic (exact) mass is 386 g/mol. The average molecular weight is 386 g/mol. The summed E-state index contributed by atoms with van der Waals surface area (Å²) in [6, 6.07) is 10.9. The topological polar surface area (TPSA) is 88.4 Å². The van der Waals surface area contributed by atoms with Gasteiger partial charge in [0.1, 0.15) is 29.0 Å². The van der Waals surface area contributed by atoms with Crippen molar-refractivity contribution in [3.8, 4) is 11.8 Å². The zero-order valence-corrected chi connectivity index (χ0v) is 15.0. The van der Waals surface area contributed by atoms with Crippen molar-refractivity contribution in [3.05, 3.63) is 65.2 Å². The third-order valence-corrected chi connectivity index (χ3v) is 3.58. The van der Waals surface area contributed by atoms with Gasteiger partial charge in [0.25, 0.3) is 5.91 Å². The fraction of sp³-hybridized carbons (Fsp3) is 0.150. The molecule has 0 fully saturated rings. The number of anilines is 1. The molecule has 0 saturated heterocycles. The number of hydrogen-bond donors (Lipinski definition) is 1. The van der Waals surface area contributed by atoms with Gasteiger partial charge in [-0.05, 0) is 42.8 Å².